The summed E-state index contributed by atoms with van der Waals surface area (Å²) in [5.41, 5.74) is 5.36. The van der Waals surface area contributed by atoms with Crippen molar-refractivity contribution in [1.82, 2.24) is 0 Å². The maximum atomic E-state index is 14.4. The molecule has 0 bridgehead atoms. The number of phenolic OH excluding ortho intramolecular Hbond substituents is 1. The minimum absolute atomic E-state index is 0.0976. The van der Waals surface area contributed by atoms with Crippen LogP contribution in [0.1, 0.15) is 25.0 Å². The van der Waals surface area contributed by atoms with Crippen molar-refractivity contribution in [2.45, 2.75) is 26.7 Å². The van der Waals surface area contributed by atoms with Crippen molar-refractivity contribution in [3.05, 3.63) is 76.0 Å². The lowest BCUT2D eigenvalue weighted by molar-refractivity contribution is 0.476. The van der Waals surface area contributed by atoms with Gasteiger partial charge in [0.15, 0.2) is 0 Å². The standard InChI is InChI=1S/C22H20BrFO/c1-3-14-8-5-6-9-16(14)17-13-18(21(25)12-15(17)4-2)22-19(23)10-7-11-20(22)24/h5-13,25H,3-4H2,1-2H3. The van der Waals surface area contributed by atoms with Gasteiger partial charge in [0, 0.05) is 15.6 Å². The Labute approximate surface area is 156 Å². The highest BCUT2D eigenvalue weighted by molar-refractivity contribution is 9.10. The monoisotopic (exact) mass is 398 g/mol. The molecule has 0 unspecified atom stereocenters. The van der Waals surface area contributed by atoms with Crippen LogP contribution in [0.2, 0.25) is 0 Å². The van der Waals surface area contributed by atoms with Crippen molar-refractivity contribution in [1.29, 1.82) is 0 Å². The van der Waals surface area contributed by atoms with E-state index in [9.17, 15) is 9.50 Å². The van der Waals surface area contributed by atoms with Gasteiger partial charge < -0.3 is 5.11 Å². The number of aryl methyl sites for hydroxylation is 2. The van der Waals surface area contributed by atoms with Crippen LogP contribution in [0.25, 0.3) is 22.3 Å². The van der Waals surface area contributed by atoms with E-state index in [1.54, 1.807) is 18.2 Å². The van der Waals surface area contributed by atoms with Gasteiger partial charge in [-0.2, -0.15) is 0 Å². The fourth-order valence-electron chi connectivity index (χ4n) is 3.22. The largest absolute Gasteiger partial charge is 0.507 e. The number of benzene rings is 3. The summed E-state index contributed by atoms with van der Waals surface area (Å²) < 4.78 is 15.1. The summed E-state index contributed by atoms with van der Waals surface area (Å²) in [6.45, 7) is 4.19. The second-order valence-electron chi connectivity index (χ2n) is 5.99. The highest BCUT2D eigenvalue weighted by atomic mass is 79.9. The minimum Gasteiger partial charge on any atom is -0.507 e. The Morgan fingerprint density at radius 3 is 2.24 bits per heavy atom. The van der Waals surface area contributed by atoms with Gasteiger partial charge in [-0.3, -0.25) is 0 Å². The average molecular weight is 399 g/mol. The van der Waals surface area contributed by atoms with Gasteiger partial charge in [-0.05, 0) is 59.4 Å². The highest BCUT2D eigenvalue weighted by Crippen LogP contribution is 2.41. The lowest BCUT2D eigenvalue weighted by atomic mass is 9.89. The number of aromatic hydroxyl groups is 1. The normalized spacial score (nSPS) is 10.9. The zero-order valence-electron chi connectivity index (χ0n) is 14.3. The predicted octanol–water partition coefficient (Wildman–Crippen LogP) is 6.75. The Bertz CT molecular complexity index is 898. The molecule has 0 saturated heterocycles. The van der Waals surface area contributed by atoms with Gasteiger partial charge in [-0.15, -0.1) is 0 Å². The molecule has 0 aromatic heterocycles. The van der Waals surface area contributed by atoms with Crippen molar-refractivity contribution in [2.75, 3.05) is 0 Å². The fourth-order valence-corrected chi connectivity index (χ4v) is 3.78. The molecule has 0 aliphatic heterocycles. The smallest absolute Gasteiger partial charge is 0.132 e. The van der Waals surface area contributed by atoms with Crippen LogP contribution >= 0.6 is 15.9 Å². The molecule has 0 aliphatic carbocycles. The van der Waals surface area contributed by atoms with Crippen LogP contribution in [-0.2, 0) is 12.8 Å². The molecular formula is C22H20BrFO. The van der Waals surface area contributed by atoms with Crippen LogP contribution < -0.4 is 0 Å². The van der Waals surface area contributed by atoms with E-state index in [1.807, 2.05) is 18.2 Å². The molecule has 0 heterocycles. The molecule has 3 aromatic rings. The van der Waals surface area contributed by atoms with Crippen LogP contribution in [0.3, 0.4) is 0 Å². The molecular weight excluding hydrogens is 379 g/mol. The van der Waals surface area contributed by atoms with Crippen molar-refractivity contribution in [3.63, 3.8) is 0 Å². The van der Waals surface area contributed by atoms with Gasteiger partial charge in [0.05, 0.1) is 0 Å². The quantitative estimate of drug-likeness (QED) is 0.514. The summed E-state index contributed by atoms with van der Waals surface area (Å²) in [6, 6.07) is 16.8. The molecule has 3 aromatic carbocycles. The van der Waals surface area contributed by atoms with Gasteiger partial charge in [-0.1, -0.05) is 60.1 Å². The van der Waals surface area contributed by atoms with E-state index >= 15 is 0 Å². The van der Waals surface area contributed by atoms with E-state index in [-0.39, 0.29) is 11.6 Å². The topological polar surface area (TPSA) is 20.2 Å². The Morgan fingerprint density at radius 1 is 0.840 bits per heavy atom. The van der Waals surface area contributed by atoms with Crippen LogP contribution in [-0.4, -0.2) is 5.11 Å². The zero-order chi connectivity index (χ0) is 18.0. The van der Waals surface area contributed by atoms with E-state index in [0.29, 0.717) is 15.6 Å². The molecule has 128 valence electrons. The van der Waals surface area contributed by atoms with Crippen molar-refractivity contribution >= 4 is 15.9 Å². The molecule has 0 amide bonds. The lowest BCUT2D eigenvalue weighted by Crippen LogP contribution is -1.95. The minimum atomic E-state index is -0.358. The van der Waals surface area contributed by atoms with E-state index in [1.165, 1.54) is 11.6 Å². The molecule has 0 fully saturated rings. The lowest BCUT2D eigenvalue weighted by Gasteiger charge is -2.17. The third-order valence-corrected chi connectivity index (χ3v) is 5.18. The number of rotatable bonds is 4. The summed E-state index contributed by atoms with van der Waals surface area (Å²) >= 11 is 3.41. The first-order valence-corrected chi connectivity index (χ1v) is 9.24. The van der Waals surface area contributed by atoms with Crippen molar-refractivity contribution in [2.24, 2.45) is 0 Å². The summed E-state index contributed by atoms with van der Waals surface area (Å²) in [5.74, 6) is -0.260. The van der Waals surface area contributed by atoms with Crippen LogP contribution in [0.15, 0.2) is 59.1 Å². The Morgan fingerprint density at radius 2 is 1.56 bits per heavy atom. The van der Waals surface area contributed by atoms with Crippen LogP contribution in [0, 0.1) is 5.82 Å². The van der Waals surface area contributed by atoms with E-state index in [4.69, 9.17) is 0 Å². The maximum Gasteiger partial charge on any atom is 0.132 e. The molecule has 1 N–H and O–H groups in total. The SMILES string of the molecule is CCc1ccccc1-c1cc(-c2c(F)cccc2Br)c(O)cc1CC. The molecule has 1 nitrogen and oxygen atoms in total. The Kier molecular flexibility index (Phi) is 5.24. The molecule has 3 heteroatoms. The first-order chi connectivity index (χ1) is 12.1. The highest BCUT2D eigenvalue weighted by Gasteiger charge is 2.17. The summed E-state index contributed by atoms with van der Waals surface area (Å²) in [4.78, 5) is 0. The van der Waals surface area contributed by atoms with Gasteiger partial charge in [-0.25, -0.2) is 4.39 Å². The van der Waals surface area contributed by atoms with Crippen LogP contribution in [0.5, 0.6) is 5.75 Å². The number of hydrogen-bond acceptors (Lipinski definition) is 1. The van der Waals surface area contributed by atoms with Crippen molar-refractivity contribution < 1.29 is 9.50 Å². The fraction of sp³-hybridized carbons (Fsp3) is 0.182. The van der Waals surface area contributed by atoms with Gasteiger partial charge in [0.1, 0.15) is 11.6 Å². The van der Waals surface area contributed by atoms with Gasteiger partial charge in [0.2, 0.25) is 0 Å². The second kappa shape index (κ2) is 7.40. The van der Waals surface area contributed by atoms with E-state index in [2.05, 4.69) is 41.9 Å². The third kappa shape index (κ3) is 3.34. The average Bonchev–Trinajstić information content (AvgIpc) is 2.62. The zero-order valence-corrected chi connectivity index (χ0v) is 15.9. The Hall–Kier alpha value is -2.13. The van der Waals surface area contributed by atoms with E-state index in [0.717, 1.165) is 29.5 Å². The second-order valence-corrected chi connectivity index (χ2v) is 6.84. The molecule has 25 heavy (non-hydrogen) atoms. The molecule has 0 saturated carbocycles. The first-order valence-electron chi connectivity index (χ1n) is 8.45. The molecule has 3 rings (SSSR count). The summed E-state index contributed by atoms with van der Waals surface area (Å²) in [6.07, 6.45) is 1.71. The number of halogens is 2. The third-order valence-electron chi connectivity index (χ3n) is 4.52. The number of phenols is 1. The van der Waals surface area contributed by atoms with Gasteiger partial charge >= 0.3 is 0 Å². The molecule has 0 aliphatic rings. The summed E-state index contributed by atoms with van der Waals surface area (Å²) in [5, 5.41) is 10.5. The van der Waals surface area contributed by atoms with E-state index < -0.39 is 0 Å². The summed E-state index contributed by atoms with van der Waals surface area (Å²) in [7, 11) is 0. The Balaban J connectivity index is 2.30. The first kappa shape index (κ1) is 17.7. The molecule has 0 radical (unpaired) electrons. The maximum absolute atomic E-state index is 14.4. The molecule has 0 atom stereocenters. The predicted molar refractivity (Wildman–Crippen MR) is 105 cm³/mol. The molecule has 0 spiro atoms. The van der Waals surface area contributed by atoms with Crippen LogP contribution in [0.4, 0.5) is 4.39 Å². The number of hydrogen-bond donors (Lipinski definition) is 1. The van der Waals surface area contributed by atoms with Crippen molar-refractivity contribution in [3.8, 4) is 28.0 Å². The van der Waals surface area contributed by atoms with Gasteiger partial charge in [0.25, 0.3) is 0 Å².